The molecule has 1 amide bonds. The first-order valence-electron chi connectivity index (χ1n) is 7.83. The highest BCUT2D eigenvalue weighted by molar-refractivity contribution is 7.17. The number of anilines is 1. The Morgan fingerprint density at radius 2 is 2.05 bits per heavy atom. The van der Waals surface area contributed by atoms with E-state index < -0.39 is 0 Å². The van der Waals surface area contributed by atoms with Crippen molar-refractivity contribution in [3.63, 3.8) is 0 Å². The van der Waals surface area contributed by atoms with Gasteiger partial charge in [-0.05, 0) is 43.1 Å². The summed E-state index contributed by atoms with van der Waals surface area (Å²) in [5.74, 6) is 0.119. The molecule has 1 aliphatic carbocycles. The van der Waals surface area contributed by atoms with Gasteiger partial charge in [-0.25, -0.2) is 4.79 Å². The molecule has 0 radical (unpaired) electrons. The van der Waals surface area contributed by atoms with Gasteiger partial charge in [-0.3, -0.25) is 4.79 Å². The number of thiophene rings is 1. The molecule has 0 fully saturated rings. The van der Waals surface area contributed by atoms with Crippen LogP contribution < -0.4 is 5.32 Å². The molecule has 0 saturated heterocycles. The Morgan fingerprint density at radius 1 is 1.36 bits per heavy atom. The van der Waals surface area contributed by atoms with Gasteiger partial charge in [-0.1, -0.05) is 20.8 Å². The first kappa shape index (κ1) is 17.0. The van der Waals surface area contributed by atoms with Crippen molar-refractivity contribution in [2.75, 3.05) is 11.9 Å². The molecule has 2 rings (SSSR count). The van der Waals surface area contributed by atoms with Gasteiger partial charge >= 0.3 is 5.97 Å². The zero-order chi connectivity index (χ0) is 16.5. The smallest absolute Gasteiger partial charge is 0.341 e. The molecule has 0 spiro atoms. The molecule has 1 heterocycles. The molecule has 1 aromatic rings. The molecule has 22 heavy (non-hydrogen) atoms. The lowest BCUT2D eigenvalue weighted by atomic mass is 9.72. The molecule has 1 unspecified atom stereocenters. The maximum Gasteiger partial charge on any atom is 0.341 e. The highest BCUT2D eigenvalue weighted by Crippen LogP contribution is 2.44. The van der Waals surface area contributed by atoms with Gasteiger partial charge in [0.15, 0.2) is 0 Å². The van der Waals surface area contributed by atoms with E-state index in [4.69, 9.17) is 4.74 Å². The van der Waals surface area contributed by atoms with E-state index in [9.17, 15) is 9.59 Å². The average Bonchev–Trinajstić information content (AvgIpc) is 2.73. The Kier molecular flexibility index (Phi) is 4.95. The molecule has 1 atom stereocenters. The van der Waals surface area contributed by atoms with Crippen LogP contribution in [0.1, 0.15) is 61.8 Å². The fourth-order valence-electron chi connectivity index (χ4n) is 2.99. The number of esters is 1. The topological polar surface area (TPSA) is 55.4 Å². The zero-order valence-corrected chi connectivity index (χ0v) is 14.9. The van der Waals surface area contributed by atoms with Crippen molar-refractivity contribution in [3.8, 4) is 0 Å². The molecule has 5 heteroatoms. The lowest BCUT2D eigenvalue weighted by Crippen LogP contribution is -2.26. The molecule has 1 aliphatic rings. The number of nitrogens with one attached hydrogen (secondary N) is 1. The summed E-state index contributed by atoms with van der Waals surface area (Å²) in [6.45, 7) is 10.4. The third-order valence-corrected chi connectivity index (χ3v) is 5.43. The van der Waals surface area contributed by atoms with Gasteiger partial charge in [0.05, 0.1) is 12.2 Å². The summed E-state index contributed by atoms with van der Waals surface area (Å²) >= 11 is 1.53. The van der Waals surface area contributed by atoms with Gasteiger partial charge in [0, 0.05) is 11.8 Å². The number of hydrogen-bond acceptors (Lipinski definition) is 4. The number of rotatable bonds is 3. The standard InChI is InChI=1S/C17H25NO3S/c1-6-21-16(20)14-12-8-7-11(17(3,4)5)9-13(12)22-15(14)18-10(2)19/h11H,6-9H2,1-5H3,(H,18,19). The molecule has 0 saturated carbocycles. The number of carbonyl (C=O) groups is 2. The second kappa shape index (κ2) is 6.41. The largest absolute Gasteiger partial charge is 0.462 e. The van der Waals surface area contributed by atoms with Gasteiger partial charge in [0.1, 0.15) is 5.00 Å². The SMILES string of the molecule is CCOC(=O)c1c(NC(C)=O)sc2c1CCC(C(C)(C)C)C2. The van der Waals surface area contributed by atoms with Crippen LogP contribution in [0.25, 0.3) is 0 Å². The van der Waals surface area contributed by atoms with Crippen molar-refractivity contribution in [2.45, 2.75) is 53.9 Å². The van der Waals surface area contributed by atoms with E-state index in [2.05, 4.69) is 26.1 Å². The van der Waals surface area contributed by atoms with Gasteiger partial charge < -0.3 is 10.1 Å². The molecule has 0 bridgehead atoms. The Morgan fingerprint density at radius 3 is 2.59 bits per heavy atom. The molecule has 122 valence electrons. The predicted octanol–water partition coefficient (Wildman–Crippen LogP) is 4.03. The van der Waals surface area contributed by atoms with Crippen LogP contribution >= 0.6 is 11.3 Å². The second-order valence-corrected chi connectivity index (χ2v) is 8.02. The van der Waals surface area contributed by atoms with Crippen LogP contribution in [0, 0.1) is 11.3 Å². The van der Waals surface area contributed by atoms with E-state index in [1.807, 2.05) is 0 Å². The van der Waals surface area contributed by atoms with Crippen LogP contribution in [-0.2, 0) is 22.4 Å². The monoisotopic (exact) mass is 323 g/mol. The van der Waals surface area contributed by atoms with E-state index in [1.165, 1.54) is 23.1 Å². The normalized spacial score (nSPS) is 17.8. The quantitative estimate of drug-likeness (QED) is 0.854. The van der Waals surface area contributed by atoms with E-state index in [-0.39, 0.29) is 17.3 Å². The Labute approximate surface area is 136 Å². The van der Waals surface area contributed by atoms with Crippen LogP contribution in [-0.4, -0.2) is 18.5 Å². The van der Waals surface area contributed by atoms with Gasteiger partial charge in [0.25, 0.3) is 0 Å². The summed E-state index contributed by atoms with van der Waals surface area (Å²) in [5.41, 5.74) is 1.90. The molecule has 0 aromatic carbocycles. The second-order valence-electron chi connectivity index (χ2n) is 6.92. The van der Waals surface area contributed by atoms with E-state index in [0.29, 0.717) is 23.1 Å². The number of hydrogen-bond donors (Lipinski definition) is 1. The third kappa shape index (κ3) is 3.51. The maximum atomic E-state index is 12.3. The first-order chi connectivity index (χ1) is 10.2. The Hall–Kier alpha value is -1.36. The minimum Gasteiger partial charge on any atom is -0.462 e. The number of fused-ring (bicyclic) bond motifs is 1. The average molecular weight is 323 g/mol. The maximum absolute atomic E-state index is 12.3. The Balaban J connectivity index is 2.39. The number of amides is 1. The van der Waals surface area contributed by atoms with Crippen LogP contribution in [0.4, 0.5) is 5.00 Å². The van der Waals surface area contributed by atoms with E-state index in [0.717, 1.165) is 24.8 Å². The molecular formula is C17H25NO3S. The summed E-state index contributed by atoms with van der Waals surface area (Å²) in [5, 5.41) is 3.45. The van der Waals surface area contributed by atoms with Crippen molar-refractivity contribution in [3.05, 3.63) is 16.0 Å². The molecular weight excluding hydrogens is 298 g/mol. The third-order valence-electron chi connectivity index (χ3n) is 4.26. The van der Waals surface area contributed by atoms with Crippen LogP contribution in [0.15, 0.2) is 0 Å². The lowest BCUT2D eigenvalue weighted by molar-refractivity contribution is -0.114. The highest BCUT2D eigenvalue weighted by atomic mass is 32.1. The van der Waals surface area contributed by atoms with Crippen LogP contribution in [0.3, 0.4) is 0 Å². The predicted molar refractivity (Wildman–Crippen MR) is 89.5 cm³/mol. The zero-order valence-electron chi connectivity index (χ0n) is 14.0. The number of carbonyl (C=O) groups excluding carboxylic acids is 2. The van der Waals surface area contributed by atoms with Gasteiger partial charge in [-0.15, -0.1) is 11.3 Å². The van der Waals surface area contributed by atoms with Crippen molar-refractivity contribution >= 4 is 28.2 Å². The van der Waals surface area contributed by atoms with Crippen molar-refractivity contribution in [1.82, 2.24) is 0 Å². The minimum absolute atomic E-state index is 0.156. The van der Waals surface area contributed by atoms with Gasteiger partial charge in [-0.2, -0.15) is 0 Å². The van der Waals surface area contributed by atoms with Crippen molar-refractivity contribution < 1.29 is 14.3 Å². The van der Waals surface area contributed by atoms with Gasteiger partial charge in [0.2, 0.25) is 5.91 Å². The Bertz CT molecular complexity index is 583. The van der Waals surface area contributed by atoms with E-state index in [1.54, 1.807) is 6.92 Å². The molecule has 1 aromatic heterocycles. The van der Waals surface area contributed by atoms with Crippen molar-refractivity contribution in [2.24, 2.45) is 11.3 Å². The first-order valence-corrected chi connectivity index (χ1v) is 8.65. The minimum atomic E-state index is -0.321. The highest BCUT2D eigenvalue weighted by Gasteiger charge is 2.34. The molecule has 0 aliphatic heterocycles. The summed E-state index contributed by atoms with van der Waals surface area (Å²) in [7, 11) is 0. The van der Waals surface area contributed by atoms with E-state index >= 15 is 0 Å². The molecule has 4 nitrogen and oxygen atoms in total. The van der Waals surface area contributed by atoms with Crippen LogP contribution in [0.5, 0.6) is 0 Å². The van der Waals surface area contributed by atoms with Crippen molar-refractivity contribution in [1.29, 1.82) is 0 Å². The fourth-order valence-corrected chi connectivity index (χ4v) is 4.35. The summed E-state index contributed by atoms with van der Waals surface area (Å²) in [4.78, 5) is 24.9. The summed E-state index contributed by atoms with van der Waals surface area (Å²) < 4.78 is 5.19. The van der Waals surface area contributed by atoms with Crippen LogP contribution in [0.2, 0.25) is 0 Å². The lowest BCUT2D eigenvalue weighted by Gasteiger charge is -2.33. The summed E-state index contributed by atoms with van der Waals surface area (Å²) in [6.07, 6.45) is 2.91. The number of ether oxygens (including phenoxy) is 1. The summed E-state index contributed by atoms with van der Waals surface area (Å²) in [6, 6.07) is 0. The fraction of sp³-hybridized carbons (Fsp3) is 0.647. The molecule has 1 N–H and O–H groups in total.